The number of hydrogen-bond acceptors (Lipinski definition) is 4. The molecule has 116 valence electrons. The van der Waals surface area contributed by atoms with E-state index in [0.717, 1.165) is 16.6 Å². The molecule has 0 aliphatic carbocycles. The van der Waals surface area contributed by atoms with Crippen LogP contribution in [0.25, 0.3) is 0 Å². The maximum Gasteiger partial charge on any atom is 0.513 e. The van der Waals surface area contributed by atoms with Crippen LogP contribution in [0.5, 0.6) is 0 Å². The van der Waals surface area contributed by atoms with Crippen LogP contribution in [0.4, 0.5) is 4.79 Å². The van der Waals surface area contributed by atoms with Crippen molar-refractivity contribution in [3.63, 3.8) is 0 Å². The molecule has 0 radical (unpaired) electrons. The van der Waals surface area contributed by atoms with Gasteiger partial charge in [0, 0.05) is 0 Å². The number of rotatable bonds is 7. The molecule has 0 fully saturated rings. The van der Waals surface area contributed by atoms with E-state index in [-0.39, 0.29) is 6.42 Å². The average Bonchev–Trinajstić information content (AvgIpc) is 2.36. The fourth-order valence-corrected chi connectivity index (χ4v) is 1.70. The molecule has 6 heteroatoms. The van der Waals surface area contributed by atoms with Crippen LogP contribution in [-0.4, -0.2) is 56.0 Å². The minimum Gasteiger partial charge on any atom is -0.449 e. The predicted octanol–water partition coefficient (Wildman–Crippen LogP) is 2.06. The van der Waals surface area contributed by atoms with Gasteiger partial charge in [-0.25, -0.2) is 4.79 Å². The molecule has 1 aromatic carbocycles. The highest BCUT2D eigenvalue weighted by Gasteiger charge is 2.20. The van der Waals surface area contributed by atoms with Gasteiger partial charge in [0.25, 0.3) is 0 Å². The molecule has 0 heterocycles. The van der Waals surface area contributed by atoms with Crippen molar-refractivity contribution in [1.82, 2.24) is 0 Å². The Morgan fingerprint density at radius 2 is 1.81 bits per heavy atom. The molecule has 1 N–H and O–H groups in total. The number of benzene rings is 1. The lowest BCUT2D eigenvalue weighted by Gasteiger charge is -2.25. The second-order valence-electron chi connectivity index (χ2n) is 5.73. The summed E-state index contributed by atoms with van der Waals surface area (Å²) in [4.78, 5) is 21.9. The van der Waals surface area contributed by atoms with Crippen LogP contribution < -0.4 is 0 Å². The van der Waals surface area contributed by atoms with Gasteiger partial charge >= 0.3 is 12.1 Å². The van der Waals surface area contributed by atoms with Gasteiger partial charge in [0.05, 0.1) is 40.3 Å². The SMILES string of the molecule is C[N+](C)(C)CCOC(CC(=O)OC(=O)O)c1ccccc1. The molecule has 0 saturated carbocycles. The van der Waals surface area contributed by atoms with Crippen molar-refractivity contribution in [2.45, 2.75) is 12.5 Å². The normalized spacial score (nSPS) is 12.7. The van der Waals surface area contributed by atoms with Gasteiger partial charge in [0.15, 0.2) is 0 Å². The molecule has 1 aromatic rings. The zero-order valence-corrected chi connectivity index (χ0v) is 12.6. The van der Waals surface area contributed by atoms with Crippen molar-refractivity contribution < 1.29 is 28.7 Å². The third kappa shape index (κ3) is 7.43. The first-order chi connectivity index (χ1) is 9.78. The lowest BCUT2D eigenvalue weighted by atomic mass is 10.1. The van der Waals surface area contributed by atoms with E-state index >= 15 is 0 Å². The highest BCUT2D eigenvalue weighted by atomic mass is 16.7. The molecule has 0 amide bonds. The van der Waals surface area contributed by atoms with Gasteiger partial charge in [-0.2, -0.15) is 0 Å². The molecular weight excluding hydrogens is 274 g/mol. The highest BCUT2D eigenvalue weighted by molar-refractivity contribution is 5.81. The molecule has 1 rings (SSSR count). The minimum absolute atomic E-state index is 0.131. The third-order valence-corrected chi connectivity index (χ3v) is 2.81. The zero-order valence-electron chi connectivity index (χ0n) is 12.6. The van der Waals surface area contributed by atoms with Crippen molar-refractivity contribution in [2.75, 3.05) is 34.3 Å². The highest BCUT2D eigenvalue weighted by Crippen LogP contribution is 2.21. The number of carbonyl (C=O) groups excluding carboxylic acids is 1. The van der Waals surface area contributed by atoms with Crippen molar-refractivity contribution in [3.05, 3.63) is 35.9 Å². The lowest BCUT2D eigenvalue weighted by Crippen LogP contribution is -2.37. The molecule has 6 nitrogen and oxygen atoms in total. The summed E-state index contributed by atoms with van der Waals surface area (Å²) in [5, 5.41) is 8.46. The van der Waals surface area contributed by atoms with Gasteiger partial charge in [-0.1, -0.05) is 30.3 Å². The molecule has 0 bridgehead atoms. The smallest absolute Gasteiger partial charge is 0.449 e. The van der Waals surface area contributed by atoms with Crippen LogP contribution in [0.3, 0.4) is 0 Å². The number of carboxylic acid groups (broad SMARTS) is 1. The summed E-state index contributed by atoms with van der Waals surface area (Å²) in [6.07, 6.45) is -2.24. The monoisotopic (exact) mass is 296 g/mol. The average molecular weight is 296 g/mol. The van der Waals surface area contributed by atoms with E-state index in [4.69, 9.17) is 9.84 Å². The summed E-state index contributed by atoms with van der Waals surface area (Å²) in [7, 11) is 6.12. The number of likely N-dealkylation sites (N-methyl/N-ethyl adjacent to an activating group) is 1. The molecule has 1 unspecified atom stereocenters. The van der Waals surface area contributed by atoms with Gasteiger partial charge in [-0.15, -0.1) is 0 Å². The van der Waals surface area contributed by atoms with Gasteiger partial charge < -0.3 is 19.1 Å². The second-order valence-corrected chi connectivity index (χ2v) is 5.73. The first kappa shape index (κ1) is 17.1. The summed E-state index contributed by atoms with van der Waals surface area (Å²) < 4.78 is 10.6. The summed E-state index contributed by atoms with van der Waals surface area (Å²) in [5.74, 6) is -0.818. The van der Waals surface area contributed by atoms with Crippen LogP contribution in [0, 0.1) is 0 Å². The Bertz CT molecular complexity index is 467. The van der Waals surface area contributed by atoms with Crippen LogP contribution in [0.1, 0.15) is 18.1 Å². The number of nitrogens with zero attached hydrogens (tertiary/aromatic N) is 1. The first-order valence-corrected chi connectivity index (χ1v) is 6.68. The fraction of sp³-hybridized carbons (Fsp3) is 0.467. The van der Waals surface area contributed by atoms with Gasteiger partial charge in [-0.3, -0.25) is 4.79 Å². The van der Waals surface area contributed by atoms with Gasteiger partial charge in [-0.05, 0) is 5.56 Å². The topological polar surface area (TPSA) is 72.8 Å². The molecule has 21 heavy (non-hydrogen) atoms. The Morgan fingerprint density at radius 3 is 2.33 bits per heavy atom. The summed E-state index contributed by atoms with van der Waals surface area (Å²) in [6.45, 7) is 1.24. The summed E-state index contributed by atoms with van der Waals surface area (Å²) >= 11 is 0. The Labute approximate surface area is 124 Å². The third-order valence-electron chi connectivity index (χ3n) is 2.81. The Kier molecular flexibility index (Phi) is 6.33. The molecule has 1 atom stereocenters. The number of hydrogen-bond donors (Lipinski definition) is 1. The van der Waals surface area contributed by atoms with E-state index in [0.29, 0.717) is 6.61 Å². The maximum atomic E-state index is 11.5. The Hall–Kier alpha value is -1.92. The van der Waals surface area contributed by atoms with Crippen LogP contribution in [0.2, 0.25) is 0 Å². The van der Waals surface area contributed by atoms with Gasteiger partial charge in [0.1, 0.15) is 6.54 Å². The predicted molar refractivity (Wildman–Crippen MR) is 76.8 cm³/mol. The fourth-order valence-electron chi connectivity index (χ4n) is 1.70. The Morgan fingerprint density at radius 1 is 1.19 bits per heavy atom. The van der Waals surface area contributed by atoms with Crippen molar-refractivity contribution in [3.8, 4) is 0 Å². The van der Waals surface area contributed by atoms with E-state index in [1.165, 1.54) is 0 Å². The molecule has 0 aliphatic heterocycles. The number of carbonyl (C=O) groups is 2. The maximum absolute atomic E-state index is 11.5. The largest absolute Gasteiger partial charge is 0.513 e. The minimum atomic E-state index is -1.60. The lowest BCUT2D eigenvalue weighted by molar-refractivity contribution is -0.870. The standard InChI is InChI=1S/C15H21NO5/c1-16(2,3)9-10-20-13(11-14(17)21-15(18)19)12-7-5-4-6-8-12/h4-8,13H,9-11H2,1-3H3/p+1. The number of ether oxygens (including phenoxy) is 2. The van der Waals surface area contributed by atoms with Crippen molar-refractivity contribution in [1.29, 1.82) is 0 Å². The van der Waals surface area contributed by atoms with Crippen LogP contribution in [0.15, 0.2) is 30.3 Å². The Balaban J connectivity index is 2.67. The zero-order chi connectivity index (χ0) is 15.9. The second kappa shape index (κ2) is 7.75. The van der Waals surface area contributed by atoms with Crippen LogP contribution >= 0.6 is 0 Å². The van der Waals surface area contributed by atoms with E-state index in [1.54, 1.807) is 0 Å². The van der Waals surface area contributed by atoms with Gasteiger partial charge in [0.2, 0.25) is 0 Å². The van der Waals surface area contributed by atoms with Crippen molar-refractivity contribution in [2.24, 2.45) is 0 Å². The molecule has 0 aromatic heterocycles. The van der Waals surface area contributed by atoms with Crippen molar-refractivity contribution >= 4 is 12.1 Å². The first-order valence-electron chi connectivity index (χ1n) is 6.68. The van der Waals surface area contributed by atoms with E-state index < -0.39 is 18.2 Å². The quantitative estimate of drug-likeness (QED) is 0.474. The summed E-state index contributed by atoms with van der Waals surface area (Å²) in [6, 6.07) is 9.22. The number of quaternary nitrogens is 1. The number of esters is 1. The molecule has 0 aliphatic rings. The van der Waals surface area contributed by atoms with Crippen LogP contribution in [-0.2, 0) is 14.3 Å². The van der Waals surface area contributed by atoms with E-state index in [1.807, 2.05) is 51.5 Å². The summed E-state index contributed by atoms with van der Waals surface area (Å²) in [5.41, 5.74) is 0.821. The van der Waals surface area contributed by atoms with E-state index in [2.05, 4.69) is 4.74 Å². The molecular formula is C15H22NO5+. The van der Waals surface area contributed by atoms with E-state index in [9.17, 15) is 9.59 Å². The molecule has 0 saturated heterocycles. The molecule has 0 spiro atoms.